The van der Waals surface area contributed by atoms with Gasteiger partial charge in [0.15, 0.2) is 6.29 Å². The van der Waals surface area contributed by atoms with Crippen LogP contribution in [-0.2, 0) is 28.4 Å². The van der Waals surface area contributed by atoms with Crippen LogP contribution in [0.4, 0.5) is 0 Å². The fraction of sp³-hybridized carbons (Fsp3) is 1.00. The Balaban J connectivity index is 1.23. The highest BCUT2D eigenvalue weighted by molar-refractivity contribution is 4.67. The molecule has 0 aromatic carbocycles. The van der Waals surface area contributed by atoms with E-state index in [1.165, 1.54) is 6.42 Å². The fourth-order valence-corrected chi connectivity index (χ4v) is 2.86. The van der Waals surface area contributed by atoms with E-state index in [-0.39, 0.29) is 6.29 Å². The first-order valence-electron chi connectivity index (χ1n) is 9.74. The molecule has 0 saturated carbocycles. The Morgan fingerprint density at radius 3 is 1.88 bits per heavy atom. The zero-order chi connectivity index (χ0) is 17.4. The van der Waals surface area contributed by atoms with Gasteiger partial charge in [-0.1, -0.05) is 0 Å². The summed E-state index contributed by atoms with van der Waals surface area (Å²) < 4.78 is 33.3. The largest absolute Gasteiger partial charge is 0.377 e. The van der Waals surface area contributed by atoms with Gasteiger partial charge in [-0.15, -0.1) is 0 Å². The van der Waals surface area contributed by atoms with Crippen molar-refractivity contribution in [2.75, 3.05) is 72.6 Å². The van der Waals surface area contributed by atoms with Crippen LogP contribution in [0.2, 0.25) is 0 Å². The molecule has 7 heteroatoms. The van der Waals surface area contributed by atoms with Gasteiger partial charge in [0.05, 0.1) is 59.0 Å². The Morgan fingerprint density at radius 1 is 0.680 bits per heavy atom. The molecule has 0 aliphatic carbocycles. The molecule has 0 bridgehead atoms. The number of ether oxygens (including phenoxy) is 6. The molecule has 2 aliphatic rings. The second-order valence-corrected chi connectivity index (χ2v) is 6.32. The molecule has 0 spiro atoms. The van der Waals surface area contributed by atoms with E-state index in [1.807, 2.05) is 0 Å². The minimum atomic E-state index is -0.0375. The van der Waals surface area contributed by atoms with E-state index >= 15 is 0 Å². The molecule has 1 N–H and O–H groups in total. The van der Waals surface area contributed by atoms with Crippen LogP contribution >= 0.6 is 0 Å². The van der Waals surface area contributed by atoms with Crippen molar-refractivity contribution >= 4 is 0 Å². The molecule has 1 atom stereocenters. The molecule has 1 unspecified atom stereocenters. The van der Waals surface area contributed by atoms with E-state index in [1.54, 1.807) is 0 Å². The average Bonchev–Trinajstić information content (AvgIpc) is 2.67. The normalized spacial score (nSPS) is 22.3. The maximum absolute atomic E-state index is 5.76. The van der Waals surface area contributed by atoms with Crippen molar-refractivity contribution in [1.29, 1.82) is 0 Å². The van der Waals surface area contributed by atoms with Gasteiger partial charge in [0.1, 0.15) is 0 Å². The first-order chi connectivity index (χ1) is 12.4. The van der Waals surface area contributed by atoms with E-state index in [4.69, 9.17) is 28.4 Å². The van der Waals surface area contributed by atoms with Gasteiger partial charge in [-0.25, -0.2) is 0 Å². The second kappa shape index (κ2) is 14.8. The van der Waals surface area contributed by atoms with E-state index in [2.05, 4.69) is 5.32 Å². The molecule has 7 nitrogen and oxygen atoms in total. The molecular formula is C18H35NO6. The summed E-state index contributed by atoms with van der Waals surface area (Å²) in [5.74, 6) is 0. The van der Waals surface area contributed by atoms with Gasteiger partial charge in [0, 0.05) is 6.61 Å². The molecule has 0 aromatic heterocycles. The third-order valence-electron chi connectivity index (χ3n) is 4.28. The van der Waals surface area contributed by atoms with Crippen molar-refractivity contribution in [1.82, 2.24) is 5.32 Å². The number of piperidine rings is 1. The summed E-state index contributed by atoms with van der Waals surface area (Å²) >= 11 is 0. The second-order valence-electron chi connectivity index (χ2n) is 6.32. The third kappa shape index (κ3) is 11.1. The first-order valence-corrected chi connectivity index (χ1v) is 9.74. The number of hydrogen-bond acceptors (Lipinski definition) is 7. The number of nitrogens with one attached hydrogen (secondary N) is 1. The van der Waals surface area contributed by atoms with Crippen molar-refractivity contribution in [3.63, 3.8) is 0 Å². The van der Waals surface area contributed by atoms with Gasteiger partial charge in [-0.05, 0) is 45.2 Å². The Bertz CT molecular complexity index is 267. The van der Waals surface area contributed by atoms with Gasteiger partial charge in [0.25, 0.3) is 0 Å². The molecule has 2 heterocycles. The summed E-state index contributed by atoms with van der Waals surface area (Å²) in [6.07, 6.45) is 5.88. The van der Waals surface area contributed by atoms with Crippen molar-refractivity contribution in [3.05, 3.63) is 0 Å². The summed E-state index contributed by atoms with van der Waals surface area (Å²) in [5, 5.41) is 3.33. The van der Waals surface area contributed by atoms with Crippen molar-refractivity contribution in [3.8, 4) is 0 Å². The van der Waals surface area contributed by atoms with Crippen LogP contribution < -0.4 is 5.32 Å². The van der Waals surface area contributed by atoms with Crippen molar-refractivity contribution < 1.29 is 28.4 Å². The quantitative estimate of drug-likeness (QED) is 0.468. The van der Waals surface area contributed by atoms with Crippen molar-refractivity contribution in [2.24, 2.45) is 0 Å². The Hall–Kier alpha value is -0.280. The van der Waals surface area contributed by atoms with Crippen LogP contribution in [0.25, 0.3) is 0 Å². The van der Waals surface area contributed by atoms with Crippen LogP contribution in [-0.4, -0.2) is 84.9 Å². The molecule has 2 fully saturated rings. The van der Waals surface area contributed by atoms with Crippen LogP contribution in [0, 0.1) is 0 Å². The summed E-state index contributed by atoms with van der Waals surface area (Å²) in [6, 6.07) is 0. The van der Waals surface area contributed by atoms with Gasteiger partial charge in [0.2, 0.25) is 0 Å². The number of rotatable bonds is 14. The molecule has 2 rings (SSSR count). The van der Waals surface area contributed by atoms with E-state index in [9.17, 15) is 0 Å². The summed E-state index contributed by atoms with van der Waals surface area (Å²) in [6.45, 7) is 7.71. The van der Waals surface area contributed by atoms with Gasteiger partial charge in [-0.3, -0.25) is 0 Å². The minimum Gasteiger partial charge on any atom is -0.377 e. The maximum atomic E-state index is 5.76. The monoisotopic (exact) mass is 361 g/mol. The molecule has 2 aliphatic heterocycles. The Labute approximate surface area is 151 Å². The highest BCUT2D eigenvalue weighted by Crippen LogP contribution is 2.13. The predicted octanol–water partition coefficient (Wildman–Crippen LogP) is 1.35. The lowest BCUT2D eigenvalue weighted by Gasteiger charge is -2.22. The average molecular weight is 361 g/mol. The van der Waals surface area contributed by atoms with Crippen LogP contribution in [0.1, 0.15) is 32.1 Å². The van der Waals surface area contributed by atoms with Gasteiger partial charge >= 0.3 is 0 Å². The standard InChI is InChI=1S/C18H35NO6/c1-2-8-24-18(3-1)25-16-14-22-12-10-20-9-11-21-13-15-23-17-4-6-19-7-5-17/h17-19H,1-16H2. The zero-order valence-corrected chi connectivity index (χ0v) is 15.4. The van der Waals surface area contributed by atoms with E-state index in [0.29, 0.717) is 59.0 Å². The smallest absolute Gasteiger partial charge is 0.157 e. The molecule has 148 valence electrons. The molecule has 25 heavy (non-hydrogen) atoms. The van der Waals surface area contributed by atoms with Crippen LogP contribution in [0.5, 0.6) is 0 Å². The Kier molecular flexibility index (Phi) is 12.5. The molecule has 2 saturated heterocycles. The van der Waals surface area contributed by atoms with E-state index in [0.717, 1.165) is 45.4 Å². The van der Waals surface area contributed by atoms with Gasteiger partial charge < -0.3 is 33.7 Å². The zero-order valence-electron chi connectivity index (χ0n) is 15.4. The summed E-state index contributed by atoms with van der Waals surface area (Å²) in [5.41, 5.74) is 0. The minimum absolute atomic E-state index is 0.0375. The van der Waals surface area contributed by atoms with Gasteiger partial charge in [-0.2, -0.15) is 0 Å². The molecule has 0 amide bonds. The maximum Gasteiger partial charge on any atom is 0.157 e. The lowest BCUT2D eigenvalue weighted by molar-refractivity contribution is -0.169. The molecule has 0 aromatic rings. The Morgan fingerprint density at radius 2 is 1.28 bits per heavy atom. The third-order valence-corrected chi connectivity index (χ3v) is 4.28. The van der Waals surface area contributed by atoms with Crippen LogP contribution in [0.3, 0.4) is 0 Å². The highest BCUT2D eigenvalue weighted by Gasteiger charge is 2.13. The highest BCUT2D eigenvalue weighted by atomic mass is 16.7. The molecule has 0 radical (unpaired) electrons. The lowest BCUT2D eigenvalue weighted by atomic mass is 10.1. The lowest BCUT2D eigenvalue weighted by Crippen LogP contribution is -2.33. The van der Waals surface area contributed by atoms with E-state index < -0.39 is 0 Å². The molecular weight excluding hydrogens is 326 g/mol. The summed E-state index contributed by atoms with van der Waals surface area (Å²) in [7, 11) is 0. The van der Waals surface area contributed by atoms with Crippen molar-refractivity contribution in [2.45, 2.75) is 44.5 Å². The number of hydrogen-bond donors (Lipinski definition) is 1. The first kappa shape index (κ1) is 21.0. The fourth-order valence-electron chi connectivity index (χ4n) is 2.86. The van der Waals surface area contributed by atoms with Crippen LogP contribution in [0.15, 0.2) is 0 Å². The summed E-state index contributed by atoms with van der Waals surface area (Å²) in [4.78, 5) is 0. The topological polar surface area (TPSA) is 67.4 Å². The SMILES string of the molecule is C1CCC(OCCOCCOCCOCCOC2CCNCC2)OC1. The predicted molar refractivity (Wildman–Crippen MR) is 93.8 cm³/mol.